The average Bonchev–Trinajstić information content (AvgIpc) is 2.99. The van der Waals surface area contributed by atoms with E-state index in [1.807, 2.05) is 0 Å². The normalized spacial score (nSPS) is 15.1. The molecule has 1 aliphatic carbocycles. The van der Waals surface area contributed by atoms with Crippen LogP contribution in [0.5, 0.6) is 5.75 Å². The van der Waals surface area contributed by atoms with Gasteiger partial charge in [-0.15, -0.1) is 0 Å². The van der Waals surface area contributed by atoms with Gasteiger partial charge in [0.1, 0.15) is 5.82 Å². The molecule has 0 bridgehead atoms. The van der Waals surface area contributed by atoms with Crippen molar-refractivity contribution in [1.29, 1.82) is 0 Å². The fourth-order valence-electron chi connectivity index (χ4n) is 1.31. The molecule has 0 aliphatic heterocycles. The van der Waals surface area contributed by atoms with Crippen molar-refractivity contribution in [2.45, 2.75) is 12.8 Å². The SMILES string of the molecule is O=Cc1cc(F)cc(F)c1OCC1CC1. The molecule has 2 rings (SSSR count). The first-order valence-corrected chi connectivity index (χ1v) is 4.77. The van der Waals surface area contributed by atoms with Gasteiger partial charge < -0.3 is 4.74 Å². The number of carbonyl (C=O) groups is 1. The lowest BCUT2D eigenvalue weighted by molar-refractivity contribution is 0.111. The first kappa shape index (κ1) is 10.1. The summed E-state index contributed by atoms with van der Waals surface area (Å²) in [5.74, 6) is -1.28. The molecule has 4 heteroatoms. The van der Waals surface area contributed by atoms with Gasteiger partial charge in [-0.2, -0.15) is 0 Å². The Morgan fingerprint density at radius 3 is 2.73 bits per heavy atom. The molecule has 1 fully saturated rings. The van der Waals surface area contributed by atoms with Crippen molar-refractivity contribution in [1.82, 2.24) is 0 Å². The summed E-state index contributed by atoms with van der Waals surface area (Å²) < 4.78 is 31.2. The quantitative estimate of drug-likeness (QED) is 0.717. The Hall–Kier alpha value is -1.45. The summed E-state index contributed by atoms with van der Waals surface area (Å²) in [7, 11) is 0. The van der Waals surface area contributed by atoms with Crippen molar-refractivity contribution in [2.75, 3.05) is 6.61 Å². The number of ether oxygens (including phenoxy) is 1. The summed E-state index contributed by atoms with van der Waals surface area (Å²) in [6.07, 6.45) is 2.53. The van der Waals surface area contributed by atoms with E-state index in [-0.39, 0.29) is 11.3 Å². The number of hydrogen-bond acceptors (Lipinski definition) is 2. The highest BCUT2D eigenvalue weighted by Crippen LogP contribution is 2.31. The van der Waals surface area contributed by atoms with Crippen LogP contribution in [0.4, 0.5) is 8.78 Å². The fourth-order valence-corrected chi connectivity index (χ4v) is 1.31. The second kappa shape index (κ2) is 3.96. The highest BCUT2D eigenvalue weighted by atomic mass is 19.1. The van der Waals surface area contributed by atoms with Crippen LogP contribution in [-0.2, 0) is 0 Å². The van der Waals surface area contributed by atoms with Gasteiger partial charge in [-0.25, -0.2) is 8.78 Å². The summed E-state index contributed by atoms with van der Waals surface area (Å²) in [6.45, 7) is 0.392. The zero-order valence-electron chi connectivity index (χ0n) is 8.00. The monoisotopic (exact) mass is 212 g/mol. The molecule has 80 valence electrons. The summed E-state index contributed by atoms with van der Waals surface area (Å²) in [4.78, 5) is 10.6. The number of aldehydes is 1. The second-order valence-corrected chi connectivity index (χ2v) is 3.68. The van der Waals surface area contributed by atoms with Crippen LogP contribution in [0.3, 0.4) is 0 Å². The molecule has 0 saturated heterocycles. The van der Waals surface area contributed by atoms with Crippen LogP contribution < -0.4 is 4.74 Å². The van der Waals surface area contributed by atoms with Crippen LogP contribution >= 0.6 is 0 Å². The zero-order valence-corrected chi connectivity index (χ0v) is 8.00. The zero-order chi connectivity index (χ0) is 10.8. The van der Waals surface area contributed by atoms with E-state index in [1.54, 1.807) is 0 Å². The Labute approximate surface area is 85.9 Å². The maximum absolute atomic E-state index is 13.2. The molecule has 0 radical (unpaired) electrons. The van der Waals surface area contributed by atoms with Crippen molar-refractivity contribution in [3.8, 4) is 5.75 Å². The van der Waals surface area contributed by atoms with E-state index in [0.717, 1.165) is 25.0 Å². The Morgan fingerprint density at radius 1 is 1.40 bits per heavy atom. The molecule has 0 heterocycles. The second-order valence-electron chi connectivity index (χ2n) is 3.68. The molecule has 2 nitrogen and oxygen atoms in total. The lowest BCUT2D eigenvalue weighted by Gasteiger charge is -2.08. The van der Waals surface area contributed by atoms with Crippen molar-refractivity contribution in [3.05, 3.63) is 29.3 Å². The van der Waals surface area contributed by atoms with Gasteiger partial charge in [-0.1, -0.05) is 0 Å². The van der Waals surface area contributed by atoms with E-state index in [2.05, 4.69) is 0 Å². The summed E-state index contributed by atoms with van der Waals surface area (Å²) in [5.41, 5.74) is -0.0758. The molecular formula is C11H10F2O2. The van der Waals surface area contributed by atoms with Gasteiger partial charge >= 0.3 is 0 Å². The van der Waals surface area contributed by atoms with Crippen LogP contribution in [-0.4, -0.2) is 12.9 Å². The minimum absolute atomic E-state index is 0.0758. The standard InChI is InChI=1S/C11H10F2O2/c12-9-3-8(5-14)11(10(13)4-9)15-6-7-1-2-7/h3-5,7H,1-2,6H2. The van der Waals surface area contributed by atoms with E-state index >= 15 is 0 Å². The molecule has 1 aliphatic rings. The van der Waals surface area contributed by atoms with Gasteiger partial charge in [0.05, 0.1) is 12.2 Å². The molecule has 0 amide bonds. The maximum atomic E-state index is 13.2. The minimum Gasteiger partial charge on any atom is -0.489 e. The molecule has 0 unspecified atom stereocenters. The Kier molecular flexibility index (Phi) is 2.66. The predicted octanol–water partition coefficient (Wildman–Crippen LogP) is 2.57. The van der Waals surface area contributed by atoms with E-state index in [4.69, 9.17) is 4.74 Å². The third-order valence-corrected chi connectivity index (χ3v) is 2.32. The number of benzene rings is 1. The van der Waals surface area contributed by atoms with Crippen molar-refractivity contribution in [2.24, 2.45) is 5.92 Å². The maximum Gasteiger partial charge on any atom is 0.168 e. The molecular weight excluding hydrogens is 202 g/mol. The highest BCUT2D eigenvalue weighted by Gasteiger charge is 2.23. The largest absolute Gasteiger partial charge is 0.489 e. The molecule has 1 saturated carbocycles. The average molecular weight is 212 g/mol. The lowest BCUT2D eigenvalue weighted by atomic mass is 10.2. The molecule has 0 aromatic heterocycles. The van der Waals surface area contributed by atoms with Gasteiger partial charge in [0, 0.05) is 6.07 Å². The number of hydrogen-bond donors (Lipinski definition) is 0. The van der Waals surface area contributed by atoms with E-state index in [0.29, 0.717) is 18.8 Å². The van der Waals surface area contributed by atoms with Gasteiger partial charge in [0.2, 0.25) is 0 Å². The smallest absolute Gasteiger partial charge is 0.168 e. The van der Waals surface area contributed by atoms with E-state index in [1.165, 1.54) is 0 Å². The Balaban J connectivity index is 2.21. The summed E-state index contributed by atoms with van der Waals surface area (Å²) >= 11 is 0. The molecule has 1 aromatic rings. The van der Waals surface area contributed by atoms with E-state index < -0.39 is 11.6 Å². The van der Waals surface area contributed by atoms with Crippen molar-refractivity contribution < 1.29 is 18.3 Å². The number of carbonyl (C=O) groups excluding carboxylic acids is 1. The van der Waals surface area contributed by atoms with Crippen LogP contribution in [0, 0.1) is 17.6 Å². The van der Waals surface area contributed by atoms with Gasteiger partial charge in [-0.05, 0) is 24.8 Å². The Morgan fingerprint density at radius 2 is 2.13 bits per heavy atom. The van der Waals surface area contributed by atoms with Gasteiger partial charge in [0.15, 0.2) is 17.9 Å². The van der Waals surface area contributed by atoms with Crippen molar-refractivity contribution in [3.63, 3.8) is 0 Å². The van der Waals surface area contributed by atoms with Crippen LogP contribution in [0.1, 0.15) is 23.2 Å². The summed E-state index contributed by atoms with van der Waals surface area (Å²) in [5, 5.41) is 0. The third-order valence-electron chi connectivity index (χ3n) is 2.32. The highest BCUT2D eigenvalue weighted by molar-refractivity contribution is 5.79. The van der Waals surface area contributed by atoms with Crippen LogP contribution in [0.15, 0.2) is 12.1 Å². The summed E-state index contributed by atoms with van der Waals surface area (Å²) in [6, 6.07) is 1.69. The Bertz CT molecular complexity index is 386. The molecule has 0 N–H and O–H groups in total. The molecule has 0 spiro atoms. The van der Waals surface area contributed by atoms with Crippen molar-refractivity contribution >= 4 is 6.29 Å². The van der Waals surface area contributed by atoms with E-state index in [9.17, 15) is 13.6 Å². The third kappa shape index (κ3) is 2.32. The van der Waals surface area contributed by atoms with Gasteiger partial charge in [0.25, 0.3) is 0 Å². The molecule has 0 atom stereocenters. The predicted molar refractivity (Wildman–Crippen MR) is 50.0 cm³/mol. The van der Waals surface area contributed by atoms with Crippen LogP contribution in [0.25, 0.3) is 0 Å². The van der Waals surface area contributed by atoms with Gasteiger partial charge in [-0.3, -0.25) is 4.79 Å². The fraction of sp³-hybridized carbons (Fsp3) is 0.364. The number of halogens is 2. The minimum atomic E-state index is -0.822. The molecule has 15 heavy (non-hydrogen) atoms. The molecule has 1 aromatic carbocycles. The first-order chi connectivity index (χ1) is 7.20. The van der Waals surface area contributed by atoms with Crippen LogP contribution in [0.2, 0.25) is 0 Å². The topological polar surface area (TPSA) is 26.3 Å². The first-order valence-electron chi connectivity index (χ1n) is 4.77. The lowest BCUT2D eigenvalue weighted by Crippen LogP contribution is -2.04. The number of rotatable bonds is 4.